The predicted molar refractivity (Wildman–Crippen MR) is 390 cm³/mol. The Balaban J connectivity index is 0.000000215. The van der Waals surface area contributed by atoms with E-state index in [1.165, 1.54) is 42.7 Å². The highest BCUT2D eigenvalue weighted by Crippen LogP contribution is 2.44. The third-order valence-electron chi connectivity index (χ3n) is 18.9. The molecule has 0 aliphatic heterocycles. The average molecular weight is 1390 g/mol. The maximum atomic E-state index is 12.7. The topological polar surface area (TPSA) is 246 Å². The van der Waals surface area contributed by atoms with Gasteiger partial charge in [0.15, 0.2) is 0 Å². The fourth-order valence-corrected chi connectivity index (χ4v) is 14.4. The first-order valence-corrected chi connectivity index (χ1v) is 33.6. The van der Waals surface area contributed by atoms with Crippen LogP contribution in [-0.2, 0) is 76.5 Å². The van der Waals surface area contributed by atoms with Crippen LogP contribution in [0.2, 0.25) is 0 Å². The molecule has 0 saturated carbocycles. The number of ether oxygens (including phenoxy) is 9. The Kier molecular flexibility index (Phi) is 26.4. The van der Waals surface area contributed by atoms with E-state index in [9.17, 15) is 44.1 Å². The van der Waals surface area contributed by atoms with Crippen LogP contribution in [0.5, 0.6) is 51.7 Å². The average Bonchev–Trinajstić information content (AvgIpc) is 0.785. The predicted octanol–water partition coefficient (Wildman–Crippen LogP) is 17.0. The van der Waals surface area contributed by atoms with Crippen LogP contribution < -0.4 is 14.2 Å². The van der Waals surface area contributed by atoms with E-state index in [2.05, 4.69) is 0 Å². The molecule has 6 aromatic rings. The van der Waals surface area contributed by atoms with Gasteiger partial charge in [-0.3, -0.25) is 0 Å². The summed E-state index contributed by atoms with van der Waals surface area (Å²) in [5.41, 5.74) is 19.2. The van der Waals surface area contributed by atoms with E-state index >= 15 is 0 Å². The smallest absolute Gasteiger partial charge is 0.334 e. The number of aromatic hydroxyl groups is 3. The number of phenols is 3. The molecular weight excluding hydrogens is 1300 g/mol. The van der Waals surface area contributed by atoms with Gasteiger partial charge in [0.2, 0.25) is 0 Å². The van der Waals surface area contributed by atoms with Crippen molar-refractivity contribution in [2.75, 3.05) is 42.7 Å². The number of hydrogen-bond acceptors (Lipinski definition) is 18. The fraction of sp³-hybridized carbons (Fsp3) is 0.357. The molecule has 0 fully saturated rings. The van der Waals surface area contributed by atoms with Crippen molar-refractivity contribution in [3.05, 3.63) is 225 Å². The van der Waals surface area contributed by atoms with Crippen molar-refractivity contribution in [2.24, 2.45) is 17.8 Å². The summed E-state index contributed by atoms with van der Waals surface area (Å²) in [5, 5.41) is 29.3. The molecule has 0 atom stereocenters. The van der Waals surface area contributed by atoms with Gasteiger partial charge in [-0.15, -0.1) is 0 Å². The van der Waals surface area contributed by atoms with Crippen LogP contribution in [0.1, 0.15) is 128 Å². The molecule has 540 valence electrons. The summed E-state index contributed by atoms with van der Waals surface area (Å²) >= 11 is 0. The van der Waals surface area contributed by atoms with Gasteiger partial charge in [0, 0.05) is 51.2 Å². The van der Waals surface area contributed by atoms with Gasteiger partial charge in [0.25, 0.3) is 0 Å². The van der Waals surface area contributed by atoms with Crippen LogP contribution in [-0.4, -0.2) is 93.8 Å². The molecule has 3 N–H and O–H groups in total. The molecule has 0 saturated heterocycles. The molecule has 102 heavy (non-hydrogen) atoms. The van der Waals surface area contributed by atoms with Gasteiger partial charge in [-0.2, -0.15) is 0 Å². The first-order chi connectivity index (χ1) is 48.2. The van der Waals surface area contributed by atoms with E-state index in [0.29, 0.717) is 89.2 Å². The van der Waals surface area contributed by atoms with Crippen LogP contribution in [0.4, 0.5) is 0 Å². The molecule has 18 nitrogen and oxygen atoms in total. The molecule has 0 bridgehead atoms. The molecule has 0 heterocycles. The van der Waals surface area contributed by atoms with Crippen molar-refractivity contribution in [1.29, 1.82) is 0 Å². The molecule has 9 rings (SSSR count). The second-order valence-electron chi connectivity index (χ2n) is 26.7. The molecule has 0 unspecified atom stereocenters. The summed E-state index contributed by atoms with van der Waals surface area (Å²) in [7, 11) is 8.13. The number of rotatable bonds is 18. The van der Waals surface area contributed by atoms with Crippen molar-refractivity contribution in [1.82, 2.24) is 0 Å². The lowest BCUT2D eigenvalue weighted by Gasteiger charge is -2.29. The van der Waals surface area contributed by atoms with Gasteiger partial charge in [-0.05, 0) is 264 Å². The zero-order valence-electron chi connectivity index (χ0n) is 62.6. The summed E-state index contributed by atoms with van der Waals surface area (Å²) in [6.45, 7) is 28.7. The van der Waals surface area contributed by atoms with Crippen LogP contribution in [0, 0.1) is 80.1 Å². The number of allylic oxidation sites excluding steroid dienone is 6. The minimum atomic E-state index is -0.461. The zero-order chi connectivity index (χ0) is 75.5. The number of phenolic OH excluding ortho intramolecular Hbond substituents is 3. The lowest BCUT2D eigenvalue weighted by atomic mass is 9.75. The van der Waals surface area contributed by atoms with Crippen molar-refractivity contribution in [3.8, 4) is 51.7 Å². The van der Waals surface area contributed by atoms with Gasteiger partial charge >= 0.3 is 35.8 Å². The minimum Gasteiger partial charge on any atom is -0.508 e. The monoisotopic (exact) mass is 1390 g/mol. The van der Waals surface area contributed by atoms with E-state index in [0.717, 1.165) is 117 Å². The highest BCUT2D eigenvalue weighted by atomic mass is 16.5. The molecule has 0 radical (unpaired) electrons. The molecular formula is C84H96O18. The third kappa shape index (κ3) is 18.1. The lowest BCUT2D eigenvalue weighted by molar-refractivity contribution is -0.139. The van der Waals surface area contributed by atoms with Gasteiger partial charge in [-0.25, -0.2) is 28.8 Å². The lowest BCUT2D eigenvalue weighted by Crippen LogP contribution is -2.28. The van der Waals surface area contributed by atoms with Crippen molar-refractivity contribution >= 4 is 35.8 Å². The van der Waals surface area contributed by atoms with Gasteiger partial charge in [0.1, 0.15) is 51.7 Å². The Morgan fingerprint density at radius 3 is 0.794 bits per heavy atom. The molecule has 3 aliphatic rings. The van der Waals surface area contributed by atoms with Crippen molar-refractivity contribution < 1.29 is 86.7 Å². The van der Waals surface area contributed by atoms with E-state index in [-0.39, 0.29) is 17.2 Å². The van der Waals surface area contributed by atoms with Crippen LogP contribution in [0.25, 0.3) is 0 Å². The highest BCUT2D eigenvalue weighted by molar-refractivity contribution is 6.00. The molecule has 3 aliphatic carbocycles. The molecule has 18 heteroatoms. The number of esters is 6. The quantitative estimate of drug-likeness (QED) is 0.0535. The maximum Gasteiger partial charge on any atom is 0.334 e. The SMILES string of the molecule is COC(=O)C1=C(C)CC(C)=C(C(=O)OC)C1Cc1cc(C)c(Oc2cc(C)c(O)c(C)c2)c(C)c1.COC(=O)C1=C(C)CC(C)=C(C(=O)OC)C1Cc1cc(C)c(Oc2ccc(O)c(C)c2)c(C)c1.COC(=O)C1=C(C)CC(C)=C(C(=O)OC)C1Cc1cc(C)c(Oc2ccc(O)cc2)c(C)c1. The van der Waals surface area contributed by atoms with Crippen molar-refractivity contribution in [3.63, 3.8) is 0 Å². The van der Waals surface area contributed by atoms with E-state index in [1.54, 1.807) is 42.5 Å². The zero-order valence-corrected chi connectivity index (χ0v) is 62.6. The first-order valence-electron chi connectivity index (χ1n) is 33.6. The summed E-state index contributed by atoms with van der Waals surface area (Å²) in [6.07, 6.45) is 2.93. The Labute approximate surface area is 598 Å². The number of hydrogen-bond donors (Lipinski definition) is 3. The Morgan fingerprint density at radius 2 is 0.539 bits per heavy atom. The Bertz CT molecular complexity index is 4280. The number of carbonyl (C=O) groups is 6. The van der Waals surface area contributed by atoms with Gasteiger partial charge in [-0.1, -0.05) is 69.8 Å². The van der Waals surface area contributed by atoms with Crippen LogP contribution in [0.3, 0.4) is 0 Å². The Hall–Kier alpha value is -10.6. The fourth-order valence-electron chi connectivity index (χ4n) is 14.4. The molecule has 6 aromatic carbocycles. The first kappa shape index (κ1) is 78.7. The third-order valence-corrected chi connectivity index (χ3v) is 18.9. The summed E-state index contributed by atoms with van der Waals surface area (Å²) in [4.78, 5) is 76.1. The van der Waals surface area contributed by atoms with Crippen LogP contribution >= 0.6 is 0 Å². The summed E-state index contributed by atoms with van der Waals surface area (Å²) in [6, 6.07) is 27.4. The number of benzene rings is 6. The van der Waals surface area contributed by atoms with E-state index in [1.807, 2.05) is 152 Å². The standard InChI is InChI=1S/C29H34O6.C28H32O6.C27H30O6/c1-15-9-16(2)25(29(32)34-8)23(24(15)28(31)33-7)14-21-10-19(5)27(20(6)11-21)35-22-12-17(3)26(30)18(4)13-22;1-15-13-21(8-9-23(15)29)34-26-18(4)11-20(12-19(26)5)14-22-24(27(30)32-6)16(2)10-17(3)25(22)28(31)33-7;1-15-11-16(2)24(27(30)32-6)22(23(15)26(29)31-5)14-19-12-17(3)25(18(4)13-19)33-21-9-7-20(28)8-10-21/h10-13,23,30H,9,14H2,1-8H3;8-9,11-13,22,29H,10,14H2,1-7H3;7-10,12-13,22,28H,11,14H2,1-6H3. The second-order valence-corrected chi connectivity index (χ2v) is 26.7. The minimum absolute atomic E-state index is 0.174. The normalized spacial score (nSPS) is 14.3. The molecule has 0 aromatic heterocycles. The maximum absolute atomic E-state index is 12.7. The van der Waals surface area contributed by atoms with Gasteiger partial charge in [0.05, 0.1) is 42.7 Å². The Morgan fingerprint density at radius 1 is 0.304 bits per heavy atom. The number of methoxy groups -OCH3 is 6. The second kappa shape index (κ2) is 34.2. The van der Waals surface area contributed by atoms with Crippen molar-refractivity contribution in [2.45, 2.75) is 142 Å². The van der Waals surface area contributed by atoms with E-state index in [4.69, 9.17) is 42.6 Å². The van der Waals surface area contributed by atoms with E-state index < -0.39 is 53.6 Å². The van der Waals surface area contributed by atoms with Crippen LogP contribution in [0.15, 0.2) is 158 Å². The van der Waals surface area contributed by atoms with Gasteiger partial charge < -0.3 is 58.0 Å². The summed E-state index contributed by atoms with van der Waals surface area (Å²) in [5.74, 6) is 0.858. The number of carbonyl (C=O) groups excluding carboxylic acids is 6. The largest absolute Gasteiger partial charge is 0.508 e. The summed E-state index contributed by atoms with van der Waals surface area (Å²) < 4.78 is 48.8. The molecule has 0 spiro atoms. The number of aryl methyl sites for hydroxylation is 9. The highest BCUT2D eigenvalue weighted by Gasteiger charge is 2.39. The molecule has 0 amide bonds.